The van der Waals surface area contributed by atoms with Crippen molar-refractivity contribution in [3.8, 4) is 5.75 Å². The Kier molecular flexibility index (Phi) is 4.98. The highest BCUT2D eigenvalue weighted by molar-refractivity contribution is 5.35. The minimum Gasteiger partial charge on any atom is -0.491 e. The first-order valence-electron chi connectivity index (χ1n) is 6.73. The van der Waals surface area contributed by atoms with Gasteiger partial charge < -0.3 is 10.1 Å². The first-order valence-corrected chi connectivity index (χ1v) is 6.73. The van der Waals surface area contributed by atoms with Gasteiger partial charge in [-0.25, -0.2) is 0 Å². The van der Waals surface area contributed by atoms with Gasteiger partial charge in [0.2, 0.25) is 0 Å². The largest absolute Gasteiger partial charge is 0.491 e. The van der Waals surface area contributed by atoms with Crippen LogP contribution < -0.4 is 10.1 Å². The van der Waals surface area contributed by atoms with Crippen LogP contribution in [0.15, 0.2) is 42.7 Å². The van der Waals surface area contributed by atoms with E-state index in [1.54, 1.807) is 6.20 Å². The Morgan fingerprint density at radius 1 is 1.32 bits per heavy atom. The molecule has 0 bridgehead atoms. The Bertz CT molecular complexity index is 482. The second kappa shape index (κ2) is 6.95. The number of ether oxygens (including phenoxy) is 1. The standard InChI is InChI=1S/C15H21N3O/c1-3-16-13(2)14-7-4-5-8-15(14)19-12-11-18-10-6-9-17-18/h4-10,13,16H,3,11-12H2,1-2H3. The molecule has 0 amide bonds. The van der Waals surface area contributed by atoms with E-state index in [0.717, 1.165) is 18.8 Å². The highest BCUT2D eigenvalue weighted by Gasteiger charge is 2.09. The molecule has 1 N–H and O–H groups in total. The van der Waals surface area contributed by atoms with Crippen molar-refractivity contribution in [1.82, 2.24) is 15.1 Å². The monoisotopic (exact) mass is 259 g/mol. The van der Waals surface area contributed by atoms with Crippen molar-refractivity contribution in [2.75, 3.05) is 13.2 Å². The molecular weight excluding hydrogens is 238 g/mol. The summed E-state index contributed by atoms with van der Waals surface area (Å²) in [5.74, 6) is 0.947. The number of benzene rings is 1. The molecule has 0 fully saturated rings. The average molecular weight is 259 g/mol. The van der Waals surface area contributed by atoms with Gasteiger partial charge in [0.25, 0.3) is 0 Å². The Labute approximate surface area is 114 Å². The molecule has 2 rings (SSSR count). The highest BCUT2D eigenvalue weighted by atomic mass is 16.5. The van der Waals surface area contributed by atoms with Crippen LogP contribution in [-0.2, 0) is 6.54 Å². The molecule has 1 aromatic heterocycles. The van der Waals surface area contributed by atoms with Gasteiger partial charge in [0.05, 0.1) is 6.54 Å². The molecule has 1 aromatic carbocycles. The number of hydrogen-bond acceptors (Lipinski definition) is 3. The van der Waals surface area contributed by atoms with Gasteiger partial charge in [-0.1, -0.05) is 25.1 Å². The molecular formula is C15H21N3O. The number of aromatic nitrogens is 2. The summed E-state index contributed by atoms with van der Waals surface area (Å²) >= 11 is 0. The zero-order valence-corrected chi connectivity index (χ0v) is 11.5. The highest BCUT2D eigenvalue weighted by Crippen LogP contribution is 2.24. The minimum atomic E-state index is 0.297. The molecule has 19 heavy (non-hydrogen) atoms. The maximum atomic E-state index is 5.88. The Morgan fingerprint density at radius 3 is 2.89 bits per heavy atom. The van der Waals surface area contributed by atoms with Crippen LogP contribution in [0.2, 0.25) is 0 Å². The van der Waals surface area contributed by atoms with Crippen LogP contribution in [0, 0.1) is 0 Å². The molecule has 2 aromatic rings. The predicted octanol–water partition coefficient (Wildman–Crippen LogP) is 2.63. The lowest BCUT2D eigenvalue weighted by atomic mass is 10.1. The lowest BCUT2D eigenvalue weighted by Gasteiger charge is -2.17. The maximum absolute atomic E-state index is 5.88. The van der Waals surface area contributed by atoms with Crippen LogP contribution in [0.3, 0.4) is 0 Å². The van der Waals surface area contributed by atoms with Crippen molar-refractivity contribution in [3.63, 3.8) is 0 Å². The molecule has 1 unspecified atom stereocenters. The molecule has 1 heterocycles. The SMILES string of the molecule is CCNC(C)c1ccccc1OCCn1cccn1. The lowest BCUT2D eigenvalue weighted by molar-refractivity contribution is 0.286. The molecule has 0 aliphatic rings. The van der Waals surface area contributed by atoms with E-state index in [1.807, 2.05) is 35.1 Å². The van der Waals surface area contributed by atoms with Gasteiger partial charge in [-0.2, -0.15) is 5.10 Å². The van der Waals surface area contributed by atoms with Gasteiger partial charge in [-0.15, -0.1) is 0 Å². The summed E-state index contributed by atoms with van der Waals surface area (Å²) in [4.78, 5) is 0. The Hall–Kier alpha value is -1.81. The second-order valence-corrected chi connectivity index (χ2v) is 4.43. The van der Waals surface area contributed by atoms with E-state index in [1.165, 1.54) is 5.56 Å². The molecule has 4 heteroatoms. The number of nitrogens with zero attached hydrogens (tertiary/aromatic N) is 2. The van der Waals surface area contributed by atoms with Crippen LogP contribution in [0.1, 0.15) is 25.5 Å². The summed E-state index contributed by atoms with van der Waals surface area (Å²) in [5.41, 5.74) is 1.20. The van der Waals surface area contributed by atoms with Crippen LogP contribution in [0.4, 0.5) is 0 Å². The van der Waals surface area contributed by atoms with Gasteiger partial charge in [0.15, 0.2) is 0 Å². The predicted molar refractivity (Wildman–Crippen MR) is 76.3 cm³/mol. The number of rotatable bonds is 7. The zero-order chi connectivity index (χ0) is 13.5. The van der Waals surface area contributed by atoms with Gasteiger partial charge in [0, 0.05) is 24.0 Å². The molecule has 1 atom stereocenters. The molecule has 0 saturated heterocycles. The van der Waals surface area contributed by atoms with Gasteiger partial charge in [-0.05, 0) is 25.6 Å². The summed E-state index contributed by atoms with van der Waals surface area (Å²) < 4.78 is 7.75. The van der Waals surface area contributed by atoms with Crippen molar-refractivity contribution in [3.05, 3.63) is 48.3 Å². The van der Waals surface area contributed by atoms with Crippen LogP contribution in [0.5, 0.6) is 5.75 Å². The van der Waals surface area contributed by atoms with E-state index < -0.39 is 0 Å². The molecule has 0 radical (unpaired) electrons. The van der Waals surface area contributed by atoms with Gasteiger partial charge in [0.1, 0.15) is 12.4 Å². The fourth-order valence-electron chi connectivity index (χ4n) is 2.07. The summed E-state index contributed by atoms with van der Waals surface area (Å²) in [6, 6.07) is 10.4. The third kappa shape index (κ3) is 3.83. The molecule has 0 aliphatic carbocycles. The molecule has 4 nitrogen and oxygen atoms in total. The lowest BCUT2D eigenvalue weighted by Crippen LogP contribution is -2.19. The molecule has 0 aliphatic heterocycles. The third-order valence-electron chi connectivity index (χ3n) is 3.03. The summed E-state index contributed by atoms with van der Waals surface area (Å²) in [7, 11) is 0. The van der Waals surface area contributed by atoms with E-state index in [9.17, 15) is 0 Å². The smallest absolute Gasteiger partial charge is 0.124 e. The van der Waals surface area contributed by atoms with E-state index in [-0.39, 0.29) is 0 Å². The summed E-state index contributed by atoms with van der Waals surface area (Å²) in [5, 5.41) is 7.57. The van der Waals surface area contributed by atoms with Crippen LogP contribution in [-0.4, -0.2) is 22.9 Å². The molecule has 102 valence electrons. The van der Waals surface area contributed by atoms with E-state index in [4.69, 9.17) is 4.74 Å². The van der Waals surface area contributed by atoms with Gasteiger partial charge >= 0.3 is 0 Å². The normalized spacial score (nSPS) is 12.3. The molecule has 0 saturated carbocycles. The van der Waals surface area contributed by atoms with E-state index >= 15 is 0 Å². The Balaban J connectivity index is 1.95. The first kappa shape index (κ1) is 13.6. The average Bonchev–Trinajstić information content (AvgIpc) is 2.93. The second-order valence-electron chi connectivity index (χ2n) is 4.43. The van der Waals surface area contributed by atoms with E-state index in [0.29, 0.717) is 12.6 Å². The van der Waals surface area contributed by atoms with Crippen molar-refractivity contribution in [1.29, 1.82) is 0 Å². The Morgan fingerprint density at radius 2 is 2.16 bits per heavy atom. The minimum absolute atomic E-state index is 0.297. The number of para-hydroxylation sites is 1. The number of nitrogens with one attached hydrogen (secondary N) is 1. The third-order valence-corrected chi connectivity index (χ3v) is 3.03. The molecule has 0 spiro atoms. The fourth-order valence-corrected chi connectivity index (χ4v) is 2.07. The zero-order valence-electron chi connectivity index (χ0n) is 11.5. The number of hydrogen-bond donors (Lipinski definition) is 1. The topological polar surface area (TPSA) is 39.1 Å². The summed E-state index contributed by atoms with van der Waals surface area (Å²) in [6.45, 7) is 6.59. The quantitative estimate of drug-likeness (QED) is 0.831. The van der Waals surface area contributed by atoms with Crippen LogP contribution in [0.25, 0.3) is 0 Å². The maximum Gasteiger partial charge on any atom is 0.124 e. The van der Waals surface area contributed by atoms with Crippen LogP contribution >= 0.6 is 0 Å². The van der Waals surface area contributed by atoms with Gasteiger partial charge in [-0.3, -0.25) is 4.68 Å². The summed E-state index contributed by atoms with van der Waals surface area (Å²) in [6.07, 6.45) is 3.72. The fraction of sp³-hybridized carbons (Fsp3) is 0.400. The van der Waals surface area contributed by atoms with E-state index in [2.05, 4.69) is 30.3 Å². The van der Waals surface area contributed by atoms with Crippen molar-refractivity contribution < 1.29 is 4.74 Å². The first-order chi connectivity index (χ1) is 9.31. The van der Waals surface area contributed by atoms with Crippen molar-refractivity contribution in [2.45, 2.75) is 26.4 Å². The van der Waals surface area contributed by atoms with Crippen molar-refractivity contribution in [2.24, 2.45) is 0 Å². The van der Waals surface area contributed by atoms with Crippen molar-refractivity contribution >= 4 is 0 Å².